The van der Waals surface area contributed by atoms with Gasteiger partial charge in [0.15, 0.2) is 0 Å². The SMILES string of the molecule is COCC1CC(=O)NC2CC(NC(=O)c3cc(C(F)(F)F)cc(C(F)(F)F)c3)CCC12. The Morgan fingerprint density at radius 2 is 1.71 bits per heavy atom. The van der Waals surface area contributed by atoms with Gasteiger partial charge in [-0.1, -0.05) is 0 Å². The number of carbonyl (C=O) groups is 2. The number of benzene rings is 1. The molecule has 1 aromatic rings. The van der Waals surface area contributed by atoms with Crippen molar-refractivity contribution < 1.29 is 40.7 Å². The van der Waals surface area contributed by atoms with Gasteiger partial charge in [0.05, 0.1) is 11.1 Å². The number of amides is 2. The number of methoxy groups -OCH3 is 1. The van der Waals surface area contributed by atoms with Crippen molar-refractivity contribution in [2.24, 2.45) is 11.8 Å². The molecule has 5 nitrogen and oxygen atoms in total. The summed E-state index contributed by atoms with van der Waals surface area (Å²) in [5, 5.41) is 5.40. The summed E-state index contributed by atoms with van der Waals surface area (Å²) in [4.78, 5) is 24.5. The average molecular weight is 452 g/mol. The molecule has 2 amide bonds. The van der Waals surface area contributed by atoms with E-state index in [2.05, 4.69) is 10.6 Å². The minimum atomic E-state index is -5.03. The lowest BCUT2D eigenvalue weighted by Gasteiger charge is -2.43. The fraction of sp³-hybridized carbons (Fsp3) is 0.600. The average Bonchev–Trinajstić information content (AvgIpc) is 2.66. The van der Waals surface area contributed by atoms with E-state index in [1.807, 2.05) is 0 Å². The van der Waals surface area contributed by atoms with Crippen LogP contribution in [0, 0.1) is 11.8 Å². The van der Waals surface area contributed by atoms with Crippen LogP contribution in [-0.2, 0) is 21.9 Å². The van der Waals surface area contributed by atoms with Crippen LogP contribution in [0.15, 0.2) is 18.2 Å². The van der Waals surface area contributed by atoms with E-state index in [0.717, 1.165) is 0 Å². The number of hydrogen-bond donors (Lipinski definition) is 2. The topological polar surface area (TPSA) is 67.4 Å². The van der Waals surface area contributed by atoms with Crippen molar-refractivity contribution in [2.45, 2.75) is 50.1 Å². The number of hydrogen-bond acceptors (Lipinski definition) is 3. The minimum absolute atomic E-state index is 0.0184. The zero-order chi connectivity index (χ0) is 23.0. The minimum Gasteiger partial charge on any atom is -0.384 e. The van der Waals surface area contributed by atoms with Gasteiger partial charge in [0, 0.05) is 37.8 Å². The van der Waals surface area contributed by atoms with Crippen molar-refractivity contribution in [3.05, 3.63) is 34.9 Å². The Morgan fingerprint density at radius 3 is 2.26 bits per heavy atom. The molecule has 0 aromatic heterocycles. The van der Waals surface area contributed by atoms with Gasteiger partial charge in [-0.2, -0.15) is 26.3 Å². The summed E-state index contributed by atoms with van der Waals surface area (Å²) in [6.45, 7) is 0.413. The van der Waals surface area contributed by atoms with Crippen molar-refractivity contribution >= 4 is 11.8 Å². The first-order valence-electron chi connectivity index (χ1n) is 9.77. The number of ether oxygens (including phenoxy) is 1. The molecule has 4 atom stereocenters. The van der Waals surface area contributed by atoms with Gasteiger partial charge < -0.3 is 15.4 Å². The van der Waals surface area contributed by atoms with Gasteiger partial charge in [0.25, 0.3) is 5.91 Å². The number of rotatable bonds is 4. The first kappa shape index (κ1) is 23.4. The summed E-state index contributed by atoms with van der Waals surface area (Å²) in [7, 11) is 1.54. The van der Waals surface area contributed by atoms with Gasteiger partial charge in [0.2, 0.25) is 5.91 Å². The first-order chi connectivity index (χ1) is 14.4. The molecule has 1 saturated heterocycles. The molecule has 4 unspecified atom stereocenters. The van der Waals surface area contributed by atoms with Gasteiger partial charge in [-0.05, 0) is 49.3 Å². The van der Waals surface area contributed by atoms with Gasteiger partial charge in [0.1, 0.15) is 0 Å². The Kier molecular flexibility index (Phi) is 6.54. The summed E-state index contributed by atoms with van der Waals surface area (Å²) in [5.74, 6) is -1.01. The lowest BCUT2D eigenvalue weighted by Crippen LogP contribution is -2.56. The molecule has 0 spiro atoms. The van der Waals surface area contributed by atoms with Crippen LogP contribution in [0.25, 0.3) is 0 Å². The Balaban J connectivity index is 1.75. The predicted molar refractivity (Wildman–Crippen MR) is 97.0 cm³/mol. The van der Waals surface area contributed by atoms with E-state index in [4.69, 9.17) is 4.74 Å². The van der Waals surface area contributed by atoms with Gasteiger partial charge in [-0.15, -0.1) is 0 Å². The van der Waals surface area contributed by atoms with Crippen LogP contribution < -0.4 is 10.6 Å². The van der Waals surface area contributed by atoms with Crippen molar-refractivity contribution in [3.8, 4) is 0 Å². The summed E-state index contributed by atoms with van der Waals surface area (Å²) in [6, 6.07) is 0.0718. The molecule has 172 valence electrons. The lowest BCUT2D eigenvalue weighted by molar-refractivity contribution is -0.143. The normalized spacial score (nSPS) is 26.7. The Labute approximate surface area is 174 Å². The van der Waals surface area contributed by atoms with Crippen molar-refractivity contribution in [1.82, 2.24) is 10.6 Å². The van der Waals surface area contributed by atoms with E-state index in [1.54, 1.807) is 0 Å². The Morgan fingerprint density at radius 1 is 1.10 bits per heavy atom. The van der Waals surface area contributed by atoms with Crippen LogP contribution in [0.5, 0.6) is 0 Å². The van der Waals surface area contributed by atoms with Crippen LogP contribution in [0.1, 0.15) is 47.2 Å². The van der Waals surface area contributed by atoms with Crippen LogP contribution in [0.2, 0.25) is 0 Å². The second-order valence-electron chi connectivity index (χ2n) is 8.04. The molecule has 1 aromatic carbocycles. The number of alkyl halides is 6. The molecule has 11 heteroatoms. The predicted octanol–water partition coefficient (Wildman–Crippen LogP) is 3.77. The molecule has 0 radical (unpaired) electrons. The van der Waals surface area contributed by atoms with Gasteiger partial charge in [-0.25, -0.2) is 0 Å². The number of piperidine rings is 1. The maximum atomic E-state index is 13.0. The fourth-order valence-corrected chi connectivity index (χ4v) is 4.46. The highest BCUT2D eigenvalue weighted by Crippen LogP contribution is 2.37. The van der Waals surface area contributed by atoms with Crippen molar-refractivity contribution in [1.29, 1.82) is 0 Å². The first-order valence-corrected chi connectivity index (χ1v) is 9.77. The third kappa shape index (κ3) is 5.50. The molecular weight excluding hydrogens is 430 g/mol. The Bertz CT molecular complexity index is 807. The van der Waals surface area contributed by atoms with E-state index in [0.29, 0.717) is 44.4 Å². The third-order valence-corrected chi connectivity index (χ3v) is 5.87. The standard InChI is InChI=1S/C20H22F6N2O3/c1-31-9-11-6-17(29)28-16-8-14(2-3-15(11)16)27-18(30)10-4-12(19(21,22)23)7-13(5-10)20(24,25)26/h4-5,7,11,14-16H,2-3,6,8-9H2,1H3,(H,27,30)(H,28,29). The Hall–Kier alpha value is -2.30. The summed E-state index contributed by atoms with van der Waals surface area (Å²) in [5.41, 5.74) is -3.80. The zero-order valence-corrected chi connectivity index (χ0v) is 16.6. The molecule has 1 aliphatic heterocycles. The highest BCUT2D eigenvalue weighted by molar-refractivity contribution is 5.95. The fourth-order valence-electron chi connectivity index (χ4n) is 4.46. The maximum absolute atomic E-state index is 13.0. The summed E-state index contributed by atoms with van der Waals surface area (Å²) < 4.78 is 83.4. The quantitative estimate of drug-likeness (QED) is 0.684. The molecule has 0 bridgehead atoms. The second-order valence-corrected chi connectivity index (χ2v) is 8.04. The number of carbonyl (C=O) groups excluding carboxylic acids is 2. The van der Waals surface area contributed by atoms with Crippen molar-refractivity contribution in [2.75, 3.05) is 13.7 Å². The molecule has 31 heavy (non-hydrogen) atoms. The molecule has 1 aliphatic carbocycles. The van der Waals surface area contributed by atoms with E-state index in [-0.39, 0.29) is 29.9 Å². The second kappa shape index (κ2) is 8.68. The van der Waals surface area contributed by atoms with E-state index in [1.165, 1.54) is 7.11 Å². The molecular formula is C20H22F6N2O3. The number of nitrogens with one attached hydrogen (secondary N) is 2. The highest BCUT2D eigenvalue weighted by atomic mass is 19.4. The summed E-state index contributed by atoms with van der Waals surface area (Å²) in [6.07, 6.45) is -8.26. The van der Waals surface area contributed by atoms with Gasteiger partial charge in [-0.3, -0.25) is 9.59 Å². The largest absolute Gasteiger partial charge is 0.416 e. The van der Waals surface area contributed by atoms with Gasteiger partial charge >= 0.3 is 12.4 Å². The van der Waals surface area contributed by atoms with E-state index in [9.17, 15) is 35.9 Å². The molecule has 1 heterocycles. The third-order valence-electron chi connectivity index (χ3n) is 5.87. The van der Waals surface area contributed by atoms with Crippen LogP contribution >= 0.6 is 0 Å². The smallest absolute Gasteiger partial charge is 0.384 e. The van der Waals surface area contributed by atoms with E-state index < -0.39 is 41.0 Å². The molecule has 2 N–H and O–H groups in total. The molecule has 1 saturated carbocycles. The van der Waals surface area contributed by atoms with Crippen molar-refractivity contribution in [3.63, 3.8) is 0 Å². The monoisotopic (exact) mass is 452 g/mol. The van der Waals surface area contributed by atoms with Crippen LogP contribution in [0.3, 0.4) is 0 Å². The number of fused-ring (bicyclic) bond motifs is 1. The van der Waals surface area contributed by atoms with Crippen LogP contribution in [0.4, 0.5) is 26.3 Å². The maximum Gasteiger partial charge on any atom is 0.416 e. The highest BCUT2D eigenvalue weighted by Gasteiger charge is 2.41. The number of halogens is 6. The van der Waals surface area contributed by atoms with Crippen LogP contribution in [-0.4, -0.2) is 37.6 Å². The molecule has 2 fully saturated rings. The summed E-state index contributed by atoms with van der Waals surface area (Å²) >= 11 is 0. The van der Waals surface area contributed by atoms with E-state index >= 15 is 0 Å². The molecule has 2 aliphatic rings. The molecule has 3 rings (SSSR count). The lowest BCUT2D eigenvalue weighted by atomic mass is 9.71. The zero-order valence-electron chi connectivity index (χ0n) is 16.6.